The first-order valence-corrected chi connectivity index (χ1v) is 4.63. The van der Waals surface area contributed by atoms with Crippen molar-refractivity contribution in [2.75, 3.05) is 6.54 Å². The molecule has 1 rings (SSSR count). The van der Waals surface area contributed by atoms with Crippen LogP contribution < -0.4 is 5.73 Å². The van der Waals surface area contributed by atoms with Gasteiger partial charge in [0.2, 0.25) is 0 Å². The van der Waals surface area contributed by atoms with Crippen molar-refractivity contribution in [3.05, 3.63) is 22.4 Å². The highest BCUT2D eigenvalue weighted by Gasteiger charge is 1.92. The largest absolute Gasteiger partial charge is 0.358 e. The molecule has 0 atom stereocenters. The predicted octanol–water partition coefficient (Wildman–Crippen LogP) is 1.31. The van der Waals surface area contributed by atoms with E-state index in [0.717, 1.165) is 6.54 Å². The van der Waals surface area contributed by atoms with Crippen LogP contribution in [0.5, 0.6) is 0 Å². The maximum atomic E-state index is 3.81. The van der Waals surface area contributed by atoms with Crippen molar-refractivity contribution in [3.63, 3.8) is 0 Å². The van der Waals surface area contributed by atoms with E-state index in [2.05, 4.69) is 23.2 Å². The molecule has 0 bridgehead atoms. The molecule has 1 heterocycles. The van der Waals surface area contributed by atoms with E-state index in [0.29, 0.717) is 0 Å². The quantitative estimate of drug-likeness (QED) is 0.637. The van der Waals surface area contributed by atoms with Crippen LogP contribution >= 0.6 is 11.3 Å². The van der Waals surface area contributed by atoms with Crippen LogP contribution in [0.15, 0.2) is 17.5 Å². The fourth-order valence-corrected chi connectivity index (χ4v) is 1.68. The first-order chi connectivity index (χ1) is 4.93. The van der Waals surface area contributed by atoms with Gasteiger partial charge in [0.1, 0.15) is 0 Å². The summed E-state index contributed by atoms with van der Waals surface area (Å²) in [6, 6.07) is 4.32. The van der Waals surface area contributed by atoms with Gasteiger partial charge in [0.05, 0.1) is 6.54 Å². The highest BCUT2D eigenvalue weighted by molar-refractivity contribution is 7.09. The molecule has 2 heteroatoms. The van der Waals surface area contributed by atoms with Gasteiger partial charge in [-0.25, -0.2) is 0 Å². The van der Waals surface area contributed by atoms with Crippen LogP contribution in [0, 0.1) is 0 Å². The summed E-state index contributed by atoms with van der Waals surface area (Å²) in [6.45, 7) is 1.07. The minimum Gasteiger partial charge on any atom is -0.358 e. The Hall–Kier alpha value is -0.340. The van der Waals surface area contributed by atoms with Gasteiger partial charge in [-0.1, -0.05) is 6.07 Å². The molecule has 1 aromatic rings. The maximum absolute atomic E-state index is 3.81. The summed E-state index contributed by atoms with van der Waals surface area (Å²) in [7, 11) is 0. The monoisotopic (exact) mass is 156 g/mol. The average Bonchev–Trinajstić information content (AvgIpc) is 2.41. The molecule has 0 aliphatic carbocycles. The Balaban J connectivity index is 2.15. The van der Waals surface area contributed by atoms with Crippen molar-refractivity contribution in [1.82, 2.24) is 0 Å². The van der Waals surface area contributed by atoms with Crippen LogP contribution in [-0.4, -0.2) is 6.54 Å². The first-order valence-electron chi connectivity index (χ1n) is 3.75. The van der Waals surface area contributed by atoms with Crippen LogP contribution in [-0.2, 0) is 6.42 Å². The van der Waals surface area contributed by atoms with Gasteiger partial charge in [-0.2, -0.15) is 0 Å². The van der Waals surface area contributed by atoms with E-state index in [-0.39, 0.29) is 0 Å². The predicted molar refractivity (Wildman–Crippen MR) is 45.0 cm³/mol. The number of quaternary nitrogens is 1. The third-order valence-corrected chi connectivity index (χ3v) is 2.44. The third kappa shape index (κ3) is 2.50. The zero-order valence-corrected chi connectivity index (χ0v) is 6.99. The van der Waals surface area contributed by atoms with E-state index >= 15 is 0 Å². The van der Waals surface area contributed by atoms with Crippen molar-refractivity contribution in [2.24, 2.45) is 0 Å². The summed E-state index contributed by atoms with van der Waals surface area (Å²) in [5, 5.41) is 2.14. The second-order valence-electron chi connectivity index (χ2n) is 2.39. The minimum absolute atomic E-state index is 1.07. The van der Waals surface area contributed by atoms with Gasteiger partial charge < -0.3 is 5.73 Å². The van der Waals surface area contributed by atoms with E-state index in [9.17, 15) is 0 Å². The maximum Gasteiger partial charge on any atom is 0.0739 e. The molecule has 0 spiro atoms. The van der Waals surface area contributed by atoms with E-state index in [4.69, 9.17) is 0 Å². The summed E-state index contributed by atoms with van der Waals surface area (Å²) in [5.74, 6) is 0. The molecule has 0 saturated carbocycles. The van der Waals surface area contributed by atoms with Crippen molar-refractivity contribution in [2.45, 2.75) is 19.3 Å². The highest BCUT2D eigenvalue weighted by Crippen LogP contribution is 2.11. The number of thiophene rings is 1. The van der Waals surface area contributed by atoms with E-state index in [1.54, 1.807) is 0 Å². The number of hydrogen-bond acceptors (Lipinski definition) is 1. The standard InChI is InChI=1S/C8H13NS/c9-6-2-1-4-8-5-3-7-10-8/h3,5,7H,1-2,4,6,9H2/p+1. The van der Waals surface area contributed by atoms with E-state index in [1.165, 1.54) is 24.1 Å². The van der Waals surface area contributed by atoms with Crippen molar-refractivity contribution in [3.8, 4) is 0 Å². The Morgan fingerprint density at radius 2 is 2.30 bits per heavy atom. The summed E-state index contributed by atoms with van der Waals surface area (Å²) >= 11 is 1.85. The molecule has 0 aliphatic heterocycles. The first kappa shape index (κ1) is 7.76. The molecule has 0 fully saturated rings. The zero-order valence-electron chi connectivity index (χ0n) is 6.18. The molecular formula is C8H14NS+. The lowest BCUT2D eigenvalue weighted by Gasteiger charge is -1.92. The fourth-order valence-electron chi connectivity index (χ4n) is 0.931. The Kier molecular flexibility index (Phi) is 3.47. The van der Waals surface area contributed by atoms with Crippen molar-refractivity contribution in [1.29, 1.82) is 0 Å². The number of rotatable bonds is 4. The minimum atomic E-state index is 1.07. The molecule has 0 radical (unpaired) electrons. The van der Waals surface area contributed by atoms with E-state index in [1.807, 2.05) is 11.3 Å². The summed E-state index contributed by atoms with van der Waals surface area (Å²) < 4.78 is 0. The van der Waals surface area contributed by atoms with Crippen LogP contribution in [0.25, 0.3) is 0 Å². The molecule has 10 heavy (non-hydrogen) atoms. The van der Waals surface area contributed by atoms with Gasteiger partial charge in [0.15, 0.2) is 0 Å². The van der Waals surface area contributed by atoms with Crippen molar-refractivity contribution < 1.29 is 5.73 Å². The topological polar surface area (TPSA) is 27.6 Å². The van der Waals surface area contributed by atoms with Crippen LogP contribution in [0.4, 0.5) is 0 Å². The smallest absolute Gasteiger partial charge is 0.0739 e. The molecule has 0 unspecified atom stereocenters. The fraction of sp³-hybridized carbons (Fsp3) is 0.500. The molecule has 0 aliphatic rings. The third-order valence-electron chi connectivity index (χ3n) is 1.50. The molecular weight excluding hydrogens is 142 g/mol. The Bertz CT molecular complexity index is 158. The van der Waals surface area contributed by atoms with Gasteiger partial charge in [0, 0.05) is 4.88 Å². The zero-order chi connectivity index (χ0) is 7.23. The summed E-state index contributed by atoms with van der Waals surface area (Å²) in [4.78, 5) is 1.51. The average molecular weight is 156 g/mol. The van der Waals surface area contributed by atoms with Gasteiger partial charge in [-0.05, 0) is 30.7 Å². The van der Waals surface area contributed by atoms with Gasteiger partial charge in [-0.15, -0.1) is 11.3 Å². The van der Waals surface area contributed by atoms with Gasteiger partial charge >= 0.3 is 0 Å². The van der Waals surface area contributed by atoms with Gasteiger partial charge in [-0.3, -0.25) is 0 Å². The molecule has 0 aromatic carbocycles. The second kappa shape index (κ2) is 4.47. The second-order valence-corrected chi connectivity index (χ2v) is 3.42. The molecule has 1 aromatic heterocycles. The lowest BCUT2D eigenvalue weighted by atomic mass is 10.2. The molecule has 1 nitrogen and oxygen atoms in total. The van der Waals surface area contributed by atoms with Crippen molar-refractivity contribution >= 4 is 11.3 Å². The molecule has 0 saturated heterocycles. The van der Waals surface area contributed by atoms with Crippen LogP contribution in [0.2, 0.25) is 0 Å². The Morgan fingerprint density at radius 1 is 1.40 bits per heavy atom. The lowest BCUT2D eigenvalue weighted by molar-refractivity contribution is -0.368. The number of aryl methyl sites for hydroxylation is 1. The summed E-state index contributed by atoms with van der Waals surface area (Å²) in [6.07, 6.45) is 3.80. The number of unbranched alkanes of at least 4 members (excludes halogenated alkanes) is 1. The molecule has 0 amide bonds. The Morgan fingerprint density at radius 3 is 2.90 bits per heavy atom. The normalized spacial score (nSPS) is 10.1. The molecule has 3 N–H and O–H groups in total. The SMILES string of the molecule is [NH3+]CCCCc1cccs1. The molecule has 56 valence electrons. The van der Waals surface area contributed by atoms with Gasteiger partial charge in [0.25, 0.3) is 0 Å². The lowest BCUT2D eigenvalue weighted by Crippen LogP contribution is -2.50. The summed E-state index contributed by atoms with van der Waals surface area (Å²) in [5.41, 5.74) is 3.81. The van der Waals surface area contributed by atoms with Crippen LogP contribution in [0.1, 0.15) is 17.7 Å². The van der Waals surface area contributed by atoms with Crippen LogP contribution in [0.3, 0.4) is 0 Å². The number of hydrogen-bond donors (Lipinski definition) is 1. The highest BCUT2D eigenvalue weighted by atomic mass is 32.1. The Labute approximate surface area is 65.9 Å². The van der Waals surface area contributed by atoms with E-state index < -0.39 is 0 Å².